The van der Waals surface area contributed by atoms with Crippen molar-refractivity contribution in [2.24, 2.45) is 0 Å². The summed E-state index contributed by atoms with van der Waals surface area (Å²) >= 11 is 0. The first-order valence-electron chi connectivity index (χ1n) is 17.6. The first-order chi connectivity index (χ1) is 24.4. The van der Waals surface area contributed by atoms with Crippen LogP contribution < -0.4 is 0 Å². The van der Waals surface area contributed by atoms with Crippen LogP contribution in [0.2, 0.25) is 0 Å². The molecule has 0 saturated carbocycles. The molecule has 1 aliphatic carbocycles. The van der Waals surface area contributed by atoms with Crippen LogP contribution in [-0.2, 0) is 24.5 Å². The summed E-state index contributed by atoms with van der Waals surface area (Å²) in [6.45, 7) is 7.76. The second-order valence-electron chi connectivity index (χ2n) is 13.3. The van der Waals surface area contributed by atoms with Crippen LogP contribution in [0.5, 0.6) is 0 Å². The van der Waals surface area contributed by atoms with E-state index in [1.807, 2.05) is 12.1 Å². The Labute approximate surface area is 292 Å². The van der Waals surface area contributed by atoms with Gasteiger partial charge in [-0.3, -0.25) is 0 Å². The number of hydrogen-bond acceptors (Lipinski definition) is 4. The number of carbonyl (C=O) groups excluding carboxylic acids is 2. The van der Waals surface area contributed by atoms with Crippen molar-refractivity contribution >= 4 is 44.3 Å². The molecule has 0 unspecified atom stereocenters. The lowest BCUT2D eigenvalue weighted by molar-refractivity contribution is -0.138. The van der Waals surface area contributed by atoms with Gasteiger partial charge >= 0.3 is 11.9 Å². The van der Waals surface area contributed by atoms with Crippen molar-refractivity contribution in [3.8, 4) is 22.3 Å². The van der Waals surface area contributed by atoms with Gasteiger partial charge in [0.1, 0.15) is 5.82 Å². The standard InChI is InChI=1S/C45H41FO4/c1-3-41(47)49-27-11-5-9-25-45(26-10-6-12-28-50-42(48)4-2)38-14-8-7-13-34(38)35-21-18-32(29-39(35)45)33-20-17-30-15-16-31-19-24-40(46)37-23-22-36(33)43(30)44(31)37/h3-4,7-8,13-24,29H,1-2,5-6,9-12,25-28H2. The summed E-state index contributed by atoms with van der Waals surface area (Å²) < 4.78 is 25.5. The molecule has 0 heterocycles. The van der Waals surface area contributed by atoms with Crippen molar-refractivity contribution in [3.05, 3.63) is 133 Å². The first kappa shape index (κ1) is 33.2. The number of benzene rings is 6. The molecule has 6 aromatic rings. The van der Waals surface area contributed by atoms with Crippen molar-refractivity contribution in [2.75, 3.05) is 13.2 Å². The largest absolute Gasteiger partial charge is 0.463 e. The second-order valence-corrected chi connectivity index (χ2v) is 13.3. The molecule has 0 aromatic heterocycles. The molecule has 7 rings (SSSR count). The minimum atomic E-state index is -0.386. The molecule has 0 N–H and O–H groups in total. The molecule has 1 aliphatic rings. The third kappa shape index (κ3) is 6.06. The van der Waals surface area contributed by atoms with Gasteiger partial charge in [-0.1, -0.05) is 118 Å². The Bertz CT molecular complexity index is 2200. The quantitative estimate of drug-likeness (QED) is 0.0474. The summed E-state index contributed by atoms with van der Waals surface area (Å²) in [5.41, 5.74) is 7.32. The van der Waals surface area contributed by atoms with Crippen LogP contribution in [0, 0.1) is 5.82 Å². The molecule has 0 aliphatic heterocycles. The second kappa shape index (κ2) is 14.3. The Morgan fingerprint density at radius 3 is 1.84 bits per heavy atom. The highest BCUT2D eigenvalue weighted by Gasteiger charge is 2.42. The van der Waals surface area contributed by atoms with Crippen LogP contribution in [0.1, 0.15) is 62.5 Å². The van der Waals surface area contributed by atoms with E-state index in [2.05, 4.69) is 86.0 Å². The van der Waals surface area contributed by atoms with Gasteiger partial charge in [-0.15, -0.1) is 0 Å². The average Bonchev–Trinajstić information content (AvgIpc) is 3.42. The van der Waals surface area contributed by atoms with Gasteiger partial charge in [0.25, 0.3) is 0 Å². The van der Waals surface area contributed by atoms with E-state index in [-0.39, 0.29) is 23.2 Å². The Morgan fingerprint density at radius 2 is 1.16 bits per heavy atom. The molecule has 0 amide bonds. The first-order valence-corrected chi connectivity index (χ1v) is 17.6. The predicted molar refractivity (Wildman–Crippen MR) is 201 cm³/mol. The highest BCUT2D eigenvalue weighted by Crippen LogP contribution is 2.55. The summed E-state index contributed by atoms with van der Waals surface area (Å²) in [6, 6.07) is 31.7. The van der Waals surface area contributed by atoms with E-state index in [1.165, 1.54) is 34.4 Å². The van der Waals surface area contributed by atoms with E-state index >= 15 is 4.39 Å². The fraction of sp³-hybridized carbons (Fsp3) is 0.244. The van der Waals surface area contributed by atoms with E-state index in [0.29, 0.717) is 18.6 Å². The van der Waals surface area contributed by atoms with E-state index in [4.69, 9.17) is 9.47 Å². The van der Waals surface area contributed by atoms with Crippen molar-refractivity contribution < 1.29 is 23.5 Å². The smallest absolute Gasteiger partial charge is 0.330 e. The summed E-state index contributed by atoms with van der Waals surface area (Å²) in [5, 5.41) is 5.99. The Morgan fingerprint density at radius 1 is 0.600 bits per heavy atom. The SMILES string of the molecule is C=CC(=O)OCCCCCC1(CCCCCOC(=O)C=C)c2ccccc2-c2ccc(-c3ccc4ccc5ccc(F)c6ccc3c4c56)cc21. The fourth-order valence-corrected chi connectivity index (χ4v) is 8.18. The minimum absolute atomic E-state index is 0.199. The van der Waals surface area contributed by atoms with Crippen molar-refractivity contribution in [1.82, 2.24) is 0 Å². The molecule has 0 bridgehead atoms. The van der Waals surface area contributed by atoms with E-state index in [9.17, 15) is 9.59 Å². The minimum Gasteiger partial charge on any atom is -0.463 e. The number of unbranched alkanes of at least 4 members (excludes halogenated alkanes) is 4. The third-order valence-corrected chi connectivity index (χ3v) is 10.5. The van der Waals surface area contributed by atoms with Crippen molar-refractivity contribution in [1.29, 1.82) is 0 Å². The Balaban J connectivity index is 1.27. The molecule has 0 radical (unpaired) electrons. The molecule has 4 nitrogen and oxygen atoms in total. The number of hydrogen-bond donors (Lipinski definition) is 0. The molecule has 0 fully saturated rings. The monoisotopic (exact) mass is 664 g/mol. The van der Waals surface area contributed by atoms with Gasteiger partial charge in [0.2, 0.25) is 0 Å². The van der Waals surface area contributed by atoms with Crippen LogP contribution in [0.3, 0.4) is 0 Å². The summed E-state index contributed by atoms with van der Waals surface area (Å²) in [5.74, 6) is -0.971. The van der Waals surface area contributed by atoms with Crippen LogP contribution in [-0.4, -0.2) is 25.2 Å². The maximum atomic E-state index is 15.0. The summed E-state index contributed by atoms with van der Waals surface area (Å²) in [4.78, 5) is 23.2. The maximum absolute atomic E-state index is 15.0. The molecule has 6 aromatic carbocycles. The van der Waals surface area contributed by atoms with Gasteiger partial charge in [0.05, 0.1) is 13.2 Å². The van der Waals surface area contributed by atoms with Crippen LogP contribution >= 0.6 is 0 Å². The average molecular weight is 665 g/mol. The Kier molecular flexibility index (Phi) is 9.49. The molecule has 5 heteroatoms. The van der Waals surface area contributed by atoms with Gasteiger partial charge in [0.15, 0.2) is 0 Å². The number of carbonyl (C=O) groups is 2. The number of halogens is 1. The normalized spacial score (nSPS) is 13.0. The van der Waals surface area contributed by atoms with Gasteiger partial charge in [-0.05, 0) is 92.7 Å². The molecule has 0 atom stereocenters. The zero-order valence-corrected chi connectivity index (χ0v) is 28.3. The number of esters is 2. The predicted octanol–water partition coefficient (Wildman–Crippen LogP) is 11.2. The fourth-order valence-electron chi connectivity index (χ4n) is 8.18. The third-order valence-electron chi connectivity index (χ3n) is 10.5. The number of fused-ring (bicyclic) bond motifs is 3. The highest BCUT2D eigenvalue weighted by molar-refractivity contribution is 6.25. The topological polar surface area (TPSA) is 52.6 Å². The van der Waals surface area contributed by atoms with Gasteiger partial charge in [0, 0.05) is 28.3 Å². The highest BCUT2D eigenvalue weighted by atomic mass is 19.1. The summed E-state index contributed by atoms with van der Waals surface area (Å²) in [6.07, 6.45) is 9.74. The molecule has 50 heavy (non-hydrogen) atoms. The molecule has 0 saturated heterocycles. The molecular weight excluding hydrogens is 623 g/mol. The summed E-state index contributed by atoms with van der Waals surface area (Å²) in [7, 11) is 0. The number of rotatable bonds is 15. The van der Waals surface area contributed by atoms with Crippen LogP contribution in [0.15, 0.2) is 116 Å². The van der Waals surface area contributed by atoms with E-state index < -0.39 is 0 Å². The molecule has 0 spiro atoms. The lowest BCUT2D eigenvalue weighted by Gasteiger charge is -2.33. The van der Waals surface area contributed by atoms with Crippen molar-refractivity contribution in [2.45, 2.75) is 56.8 Å². The molecular formula is C45H41FO4. The van der Waals surface area contributed by atoms with Gasteiger partial charge in [-0.2, -0.15) is 0 Å². The zero-order chi connectivity index (χ0) is 34.7. The maximum Gasteiger partial charge on any atom is 0.330 e. The van der Waals surface area contributed by atoms with Crippen molar-refractivity contribution in [3.63, 3.8) is 0 Å². The lowest BCUT2D eigenvalue weighted by Crippen LogP contribution is -2.25. The van der Waals surface area contributed by atoms with Crippen LogP contribution in [0.25, 0.3) is 54.6 Å². The lowest BCUT2D eigenvalue weighted by atomic mass is 9.70. The van der Waals surface area contributed by atoms with E-state index in [0.717, 1.165) is 89.4 Å². The number of ether oxygens (including phenoxy) is 2. The van der Waals surface area contributed by atoms with E-state index in [1.54, 1.807) is 6.07 Å². The van der Waals surface area contributed by atoms with Gasteiger partial charge < -0.3 is 9.47 Å². The van der Waals surface area contributed by atoms with Gasteiger partial charge in [-0.25, -0.2) is 14.0 Å². The Hall–Kier alpha value is -5.29. The van der Waals surface area contributed by atoms with Crippen LogP contribution in [0.4, 0.5) is 4.39 Å². The zero-order valence-electron chi connectivity index (χ0n) is 28.3. The molecule has 252 valence electrons.